The molecule has 0 atom stereocenters. The Morgan fingerprint density at radius 1 is 1.40 bits per heavy atom. The number of carbonyl (C=O) groups excluding carboxylic acids is 1. The van der Waals surface area contributed by atoms with E-state index >= 15 is 0 Å². The van der Waals surface area contributed by atoms with E-state index in [1.54, 1.807) is 0 Å². The quantitative estimate of drug-likeness (QED) is 0.846. The van der Waals surface area contributed by atoms with Crippen molar-refractivity contribution in [2.75, 3.05) is 13.2 Å². The van der Waals surface area contributed by atoms with Crippen LogP contribution in [0.15, 0.2) is 15.4 Å². The molecule has 2 rings (SSSR count). The maximum absolute atomic E-state index is 12.1. The van der Waals surface area contributed by atoms with Gasteiger partial charge in [0.1, 0.15) is 10.7 Å². The third-order valence-corrected chi connectivity index (χ3v) is 4.43. The number of primary sulfonamides is 1. The van der Waals surface area contributed by atoms with Crippen molar-refractivity contribution in [3.8, 4) is 0 Å². The fourth-order valence-electron chi connectivity index (χ4n) is 2.14. The first-order chi connectivity index (χ1) is 9.21. The molecule has 1 aromatic rings. The standard InChI is InChI=1S/C12H18N2O5S/c1-8-10(20(13,16)17)7-9(19-8)11(15)14-12(2)3-5-18-6-4-12/h7H,3-6H2,1-2H3,(H,14,15)(H2,13,16,17). The Balaban J connectivity index is 2.18. The SMILES string of the molecule is Cc1oc(C(=O)NC2(C)CCOCC2)cc1S(N)(=O)=O. The Morgan fingerprint density at radius 3 is 2.50 bits per heavy atom. The topological polar surface area (TPSA) is 112 Å². The number of nitrogens with one attached hydrogen (secondary N) is 1. The lowest BCUT2D eigenvalue weighted by Crippen LogP contribution is -2.49. The van der Waals surface area contributed by atoms with Gasteiger partial charge in [-0.2, -0.15) is 0 Å². The fourth-order valence-corrected chi connectivity index (χ4v) is 2.86. The number of furan rings is 1. The van der Waals surface area contributed by atoms with Gasteiger partial charge in [0.25, 0.3) is 5.91 Å². The van der Waals surface area contributed by atoms with Crippen molar-refractivity contribution in [3.63, 3.8) is 0 Å². The molecular weight excluding hydrogens is 284 g/mol. The second kappa shape index (κ2) is 5.19. The van der Waals surface area contributed by atoms with Gasteiger partial charge in [0.2, 0.25) is 10.0 Å². The number of nitrogens with two attached hydrogens (primary N) is 1. The molecule has 1 amide bonds. The average Bonchev–Trinajstić information content (AvgIpc) is 2.71. The smallest absolute Gasteiger partial charge is 0.287 e. The van der Waals surface area contributed by atoms with Gasteiger partial charge in [-0.1, -0.05) is 0 Å². The number of amides is 1. The van der Waals surface area contributed by atoms with Crippen molar-refractivity contribution in [2.45, 2.75) is 37.1 Å². The summed E-state index contributed by atoms with van der Waals surface area (Å²) in [5.74, 6) is -0.401. The van der Waals surface area contributed by atoms with Crippen LogP contribution in [0.5, 0.6) is 0 Å². The summed E-state index contributed by atoms with van der Waals surface area (Å²) in [5, 5.41) is 7.90. The highest BCUT2D eigenvalue weighted by Gasteiger charge is 2.31. The van der Waals surface area contributed by atoms with Crippen LogP contribution in [0.3, 0.4) is 0 Å². The van der Waals surface area contributed by atoms with Crippen molar-refractivity contribution in [3.05, 3.63) is 17.6 Å². The highest BCUT2D eigenvalue weighted by atomic mass is 32.2. The molecule has 1 aliphatic rings. The van der Waals surface area contributed by atoms with Gasteiger partial charge >= 0.3 is 0 Å². The van der Waals surface area contributed by atoms with E-state index in [-0.39, 0.29) is 22.0 Å². The van der Waals surface area contributed by atoms with Crippen molar-refractivity contribution in [2.24, 2.45) is 5.14 Å². The molecule has 0 unspecified atom stereocenters. The van der Waals surface area contributed by atoms with Crippen LogP contribution >= 0.6 is 0 Å². The van der Waals surface area contributed by atoms with Crippen LogP contribution in [-0.2, 0) is 14.8 Å². The zero-order valence-corrected chi connectivity index (χ0v) is 12.2. The molecule has 0 radical (unpaired) electrons. The number of sulfonamides is 1. The maximum Gasteiger partial charge on any atom is 0.287 e. The monoisotopic (exact) mass is 302 g/mol. The molecule has 0 aromatic carbocycles. The van der Waals surface area contributed by atoms with E-state index in [9.17, 15) is 13.2 Å². The molecule has 112 valence electrons. The average molecular weight is 302 g/mol. The van der Waals surface area contributed by atoms with Crippen molar-refractivity contribution < 1.29 is 22.4 Å². The third kappa shape index (κ3) is 3.20. The summed E-state index contributed by atoms with van der Waals surface area (Å²) >= 11 is 0. The number of carbonyl (C=O) groups is 1. The second-order valence-electron chi connectivity index (χ2n) is 5.20. The van der Waals surface area contributed by atoms with Gasteiger partial charge in [0, 0.05) is 24.8 Å². The van der Waals surface area contributed by atoms with Gasteiger partial charge in [0.15, 0.2) is 5.76 Å². The van der Waals surface area contributed by atoms with Crippen LogP contribution in [0.4, 0.5) is 0 Å². The lowest BCUT2D eigenvalue weighted by atomic mass is 9.92. The van der Waals surface area contributed by atoms with Gasteiger partial charge in [-0.3, -0.25) is 4.79 Å². The summed E-state index contributed by atoms with van der Waals surface area (Å²) in [6, 6.07) is 1.16. The predicted octanol–water partition coefficient (Wildman–Crippen LogP) is 0.534. The highest BCUT2D eigenvalue weighted by molar-refractivity contribution is 7.89. The largest absolute Gasteiger partial charge is 0.455 e. The summed E-state index contributed by atoms with van der Waals surface area (Å²) in [7, 11) is -3.89. The van der Waals surface area contributed by atoms with Crippen LogP contribution in [0.1, 0.15) is 36.1 Å². The molecule has 1 aromatic heterocycles. The Bertz CT molecular complexity index is 614. The third-order valence-electron chi connectivity index (χ3n) is 3.41. The number of hydrogen-bond donors (Lipinski definition) is 2. The first-order valence-electron chi connectivity index (χ1n) is 6.25. The molecular formula is C12H18N2O5S. The number of rotatable bonds is 3. The van der Waals surface area contributed by atoms with Gasteiger partial charge in [-0.25, -0.2) is 13.6 Å². The molecule has 0 spiro atoms. The molecule has 3 N–H and O–H groups in total. The molecule has 1 aliphatic heterocycles. The lowest BCUT2D eigenvalue weighted by Gasteiger charge is -2.34. The first kappa shape index (κ1) is 15.0. The second-order valence-corrected chi connectivity index (χ2v) is 6.73. The van der Waals surface area contributed by atoms with Crippen molar-refractivity contribution in [1.29, 1.82) is 0 Å². The first-order valence-corrected chi connectivity index (χ1v) is 7.79. The summed E-state index contributed by atoms with van der Waals surface area (Å²) in [6.45, 7) is 4.53. The van der Waals surface area contributed by atoms with Crippen molar-refractivity contribution >= 4 is 15.9 Å². The zero-order chi connectivity index (χ0) is 15.0. The van der Waals surface area contributed by atoms with Gasteiger partial charge in [0.05, 0.1) is 0 Å². The van der Waals surface area contributed by atoms with Crippen LogP contribution in [0.2, 0.25) is 0 Å². The van der Waals surface area contributed by atoms with Gasteiger partial charge in [-0.15, -0.1) is 0 Å². The van der Waals surface area contributed by atoms with Crippen LogP contribution < -0.4 is 10.5 Å². The van der Waals surface area contributed by atoms with E-state index in [1.165, 1.54) is 6.92 Å². The number of aryl methyl sites for hydroxylation is 1. The summed E-state index contributed by atoms with van der Waals surface area (Å²) in [6.07, 6.45) is 1.39. The number of ether oxygens (including phenoxy) is 1. The molecule has 20 heavy (non-hydrogen) atoms. The van der Waals surface area contributed by atoms with Crippen LogP contribution in [0.25, 0.3) is 0 Å². The molecule has 1 saturated heterocycles. The fraction of sp³-hybridized carbons (Fsp3) is 0.583. The summed E-state index contributed by atoms with van der Waals surface area (Å²) < 4.78 is 33.1. The minimum atomic E-state index is -3.89. The molecule has 0 bridgehead atoms. The lowest BCUT2D eigenvalue weighted by molar-refractivity contribution is 0.0414. The summed E-state index contributed by atoms with van der Waals surface area (Å²) in [5.41, 5.74) is -0.377. The molecule has 7 nitrogen and oxygen atoms in total. The summed E-state index contributed by atoms with van der Waals surface area (Å²) in [4.78, 5) is 12.0. The zero-order valence-electron chi connectivity index (χ0n) is 11.4. The molecule has 0 saturated carbocycles. The Hall–Kier alpha value is -1.38. The Labute approximate surface area is 117 Å². The Kier molecular flexibility index (Phi) is 3.90. The minimum absolute atomic E-state index is 0.0563. The van der Waals surface area contributed by atoms with E-state index in [4.69, 9.17) is 14.3 Å². The highest BCUT2D eigenvalue weighted by Crippen LogP contribution is 2.22. The van der Waals surface area contributed by atoms with E-state index in [2.05, 4.69) is 5.32 Å². The van der Waals surface area contributed by atoms with E-state index in [0.29, 0.717) is 26.1 Å². The van der Waals surface area contributed by atoms with E-state index in [1.807, 2.05) is 6.92 Å². The predicted molar refractivity (Wildman–Crippen MR) is 70.7 cm³/mol. The maximum atomic E-state index is 12.1. The molecule has 1 fully saturated rings. The van der Waals surface area contributed by atoms with Crippen LogP contribution in [-0.4, -0.2) is 33.1 Å². The number of hydrogen-bond acceptors (Lipinski definition) is 5. The normalized spacial score (nSPS) is 18.8. The van der Waals surface area contributed by atoms with E-state index < -0.39 is 15.9 Å². The molecule has 2 heterocycles. The minimum Gasteiger partial charge on any atom is -0.455 e. The molecule has 8 heteroatoms. The van der Waals surface area contributed by atoms with Crippen LogP contribution in [0, 0.1) is 6.92 Å². The van der Waals surface area contributed by atoms with Crippen molar-refractivity contribution in [1.82, 2.24) is 5.32 Å². The van der Waals surface area contributed by atoms with Gasteiger partial charge in [-0.05, 0) is 26.7 Å². The Morgan fingerprint density at radius 2 is 2.00 bits per heavy atom. The molecule has 0 aliphatic carbocycles. The van der Waals surface area contributed by atoms with E-state index in [0.717, 1.165) is 6.07 Å². The van der Waals surface area contributed by atoms with Gasteiger partial charge < -0.3 is 14.5 Å².